The summed E-state index contributed by atoms with van der Waals surface area (Å²) in [5.41, 5.74) is -2.59. The summed E-state index contributed by atoms with van der Waals surface area (Å²) >= 11 is 0. The summed E-state index contributed by atoms with van der Waals surface area (Å²) in [6.07, 6.45) is 3.27. The quantitative estimate of drug-likeness (QED) is 0.248. The molecule has 0 aromatic rings. The van der Waals surface area contributed by atoms with Crippen molar-refractivity contribution in [2.45, 2.75) is 83.0 Å². The molecule has 0 unspecified atom stereocenters. The van der Waals surface area contributed by atoms with Crippen LogP contribution in [0.3, 0.4) is 0 Å². The van der Waals surface area contributed by atoms with Crippen LogP contribution in [0.1, 0.15) is 65.2 Å². The number of Topliss-reactive ketones (excluding diaryl/α,β-unsaturated/α-hetero) is 1. The van der Waals surface area contributed by atoms with Gasteiger partial charge in [0.2, 0.25) is 10.4 Å². The van der Waals surface area contributed by atoms with E-state index in [9.17, 15) is 33.1 Å². The van der Waals surface area contributed by atoms with Crippen LogP contribution < -0.4 is 29.6 Å². The van der Waals surface area contributed by atoms with E-state index in [2.05, 4.69) is 6.92 Å². The van der Waals surface area contributed by atoms with Gasteiger partial charge in [0.25, 0.3) is 0 Å². The second-order valence-electron chi connectivity index (χ2n) is 10.6. The summed E-state index contributed by atoms with van der Waals surface area (Å²) in [6.45, 7) is 3.34. The molecule has 0 aliphatic heterocycles. The van der Waals surface area contributed by atoms with Crippen molar-refractivity contribution in [1.29, 1.82) is 0 Å². The van der Waals surface area contributed by atoms with Crippen LogP contribution in [0.15, 0.2) is 0 Å². The number of ketones is 1. The van der Waals surface area contributed by atoms with Crippen molar-refractivity contribution >= 4 is 16.2 Å². The Bertz CT molecular complexity index is 820. The van der Waals surface area contributed by atoms with Gasteiger partial charge >= 0.3 is 29.6 Å². The summed E-state index contributed by atoms with van der Waals surface area (Å²) in [4.78, 5) is 12.4. The normalized spacial score (nSPS) is 49.4. The molecule has 9 atom stereocenters. The van der Waals surface area contributed by atoms with Crippen molar-refractivity contribution in [2.75, 3.05) is 6.61 Å². The van der Waals surface area contributed by atoms with E-state index in [0.29, 0.717) is 38.5 Å². The standard InChI is InChI=1S/C21H34O8S.Na/c1-19-7-5-13(29-30(26,27)28)9-12(19)3-4-14-15-6-8-21(25,17(24)11-22)20(15,2)10-16(23)18(14)19;/h12-16,18,22-23,25H,3-11H2,1-2H3,(H,26,27,28);/q;+1/p-1/t12-,13-,14+,15+,16+,18-,19+,20+,21+;/m1./s1. The van der Waals surface area contributed by atoms with E-state index in [0.717, 1.165) is 12.8 Å². The third-order valence-electron chi connectivity index (χ3n) is 9.56. The van der Waals surface area contributed by atoms with Crippen LogP contribution in [0, 0.1) is 34.5 Å². The molecule has 0 heterocycles. The molecule has 3 N–H and O–H groups in total. The molecule has 0 aromatic carbocycles. The molecule has 4 fully saturated rings. The Morgan fingerprint density at radius 3 is 2.45 bits per heavy atom. The Kier molecular flexibility index (Phi) is 7.20. The maximum Gasteiger partial charge on any atom is 1.00 e. The van der Waals surface area contributed by atoms with Crippen molar-refractivity contribution in [3.8, 4) is 0 Å². The molecule has 10 heteroatoms. The molecule has 0 bridgehead atoms. The van der Waals surface area contributed by atoms with Gasteiger partial charge in [-0.2, -0.15) is 0 Å². The first-order chi connectivity index (χ1) is 13.9. The Balaban J connectivity index is 0.00000272. The van der Waals surface area contributed by atoms with Gasteiger partial charge in [0.05, 0.1) is 12.2 Å². The van der Waals surface area contributed by atoms with Crippen molar-refractivity contribution in [3.05, 3.63) is 0 Å². The molecule has 0 radical (unpaired) electrons. The van der Waals surface area contributed by atoms with E-state index in [-0.39, 0.29) is 58.6 Å². The zero-order valence-corrected chi connectivity index (χ0v) is 21.4. The fourth-order valence-corrected chi connectivity index (χ4v) is 8.70. The van der Waals surface area contributed by atoms with Crippen LogP contribution in [0.5, 0.6) is 0 Å². The molecule has 172 valence electrons. The predicted octanol–water partition coefficient (Wildman–Crippen LogP) is -1.86. The molecule has 0 aromatic heterocycles. The smallest absolute Gasteiger partial charge is 0.726 e. The average molecular weight is 469 g/mol. The van der Waals surface area contributed by atoms with Crippen molar-refractivity contribution in [2.24, 2.45) is 34.5 Å². The van der Waals surface area contributed by atoms with E-state index in [1.54, 1.807) is 0 Å². The van der Waals surface area contributed by atoms with Crippen molar-refractivity contribution in [1.82, 2.24) is 0 Å². The summed E-state index contributed by atoms with van der Waals surface area (Å²) in [6, 6.07) is 0. The number of carbonyl (C=O) groups excluding carboxylic acids is 1. The van der Waals surface area contributed by atoms with Crippen LogP contribution in [0.25, 0.3) is 0 Å². The summed E-state index contributed by atoms with van der Waals surface area (Å²) in [7, 11) is -4.74. The van der Waals surface area contributed by atoms with Gasteiger partial charge in [-0.15, -0.1) is 0 Å². The van der Waals surface area contributed by atoms with Crippen LogP contribution in [0.4, 0.5) is 0 Å². The van der Waals surface area contributed by atoms with Crippen LogP contribution in [0.2, 0.25) is 0 Å². The van der Waals surface area contributed by atoms with E-state index in [1.807, 2.05) is 6.92 Å². The molecule has 4 aliphatic carbocycles. The first-order valence-corrected chi connectivity index (χ1v) is 12.4. The maximum absolute atomic E-state index is 12.4. The summed E-state index contributed by atoms with van der Waals surface area (Å²) in [5, 5.41) is 32.0. The van der Waals surface area contributed by atoms with Gasteiger partial charge in [0.1, 0.15) is 12.2 Å². The molecule has 31 heavy (non-hydrogen) atoms. The SMILES string of the molecule is C[C@]12CC[C@@H](OS(=O)(=O)[O-])C[C@H]1CC[C@@H]1[C@@H]2[C@@H](O)C[C@@]2(C)[C@H]1CC[C@]2(O)C(=O)CO.[Na+]. The molecule has 4 saturated carbocycles. The van der Waals surface area contributed by atoms with E-state index < -0.39 is 46.0 Å². The minimum atomic E-state index is -4.74. The zero-order valence-electron chi connectivity index (χ0n) is 18.6. The van der Waals surface area contributed by atoms with Crippen LogP contribution in [-0.2, 0) is 19.4 Å². The van der Waals surface area contributed by atoms with E-state index in [4.69, 9.17) is 4.18 Å². The van der Waals surface area contributed by atoms with Gasteiger partial charge in [-0.25, -0.2) is 8.42 Å². The largest absolute Gasteiger partial charge is 1.00 e. The molecular formula is C21H33NaO8S. The second kappa shape index (κ2) is 8.57. The average Bonchev–Trinajstić information content (AvgIpc) is 2.91. The third kappa shape index (κ3) is 4.00. The monoisotopic (exact) mass is 468 g/mol. The number of hydrogen-bond acceptors (Lipinski definition) is 8. The van der Waals surface area contributed by atoms with Crippen molar-refractivity contribution in [3.63, 3.8) is 0 Å². The Labute approximate surface area is 206 Å². The molecule has 0 amide bonds. The number of fused-ring (bicyclic) bond motifs is 5. The Hall–Kier alpha value is 0.420. The number of rotatable bonds is 4. The number of carbonyl (C=O) groups is 1. The van der Waals surface area contributed by atoms with E-state index >= 15 is 0 Å². The topological polar surface area (TPSA) is 144 Å². The first kappa shape index (κ1) is 26.0. The molecule has 4 rings (SSSR count). The van der Waals surface area contributed by atoms with Gasteiger partial charge in [0, 0.05) is 5.41 Å². The summed E-state index contributed by atoms with van der Waals surface area (Å²) in [5.74, 6) is -0.181. The second-order valence-corrected chi connectivity index (χ2v) is 11.7. The van der Waals surface area contributed by atoms with Gasteiger partial charge in [-0.1, -0.05) is 13.8 Å². The van der Waals surface area contributed by atoms with Crippen LogP contribution >= 0.6 is 0 Å². The van der Waals surface area contributed by atoms with Gasteiger partial charge in [-0.3, -0.25) is 8.98 Å². The first-order valence-electron chi connectivity index (χ1n) is 11.0. The number of hydrogen-bond donors (Lipinski definition) is 3. The Morgan fingerprint density at radius 1 is 1.16 bits per heavy atom. The van der Waals surface area contributed by atoms with Gasteiger partial charge < -0.3 is 19.9 Å². The zero-order chi connectivity index (χ0) is 22.1. The van der Waals surface area contributed by atoms with Gasteiger partial charge in [0.15, 0.2) is 5.78 Å². The van der Waals surface area contributed by atoms with Crippen molar-refractivity contribution < 1.29 is 66.8 Å². The third-order valence-corrected chi connectivity index (χ3v) is 10.1. The molecule has 0 saturated heterocycles. The fourth-order valence-electron chi connectivity index (χ4n) is 8.19. The van der Waals surface area contributed by atoms with Crippen LogP contribution in [-0.4, -0.2) is 58.5 Å². The fraction of sp³-hybridized carbons (Fsp3) is 0.952. The minimum absolute atomic E-state index is 0. The van der Waals surface area contributed by atoms with E-state index in [1.165, 1.54) is 0 Å². The predicted molar refractivity (Wildman–Crippen MR) is 105 cm³/mol. The number of aliphatic hydroxyl groups excluding tert-OH is 2. The Morgan fingerprint density at radius 2 is 1.84 bits per heavy atom. The molecule has 4 aliphatic rings. The molecule has 8 nitrogen and oxygen atoms in total. The molecular weight excluding hydrogens is 435 g/mol. The molecule has 0 spiro atoms. The number of aliphatic hydroxyl groups is 3. The maximum atomic E-state index is 12.4. The minimum Gasteiger partial charge on any atom is -0.726 e. The summed E-state index contributed by atoms with van der Waals surface area (Å²) < 4.78 is 37.8. The van der Waals surface area contributed by atoms with Gasteiger partial charge in [-0.05, 0) is 80.5 Å².